The fraction of sp³-hybridized carbons (Fsp3) is 0.500. The molecule has 0 bridgehead atoms. The first kappa shape index (κ1) is 5.22. The van der Waals surface area contributed by atoms with Gasteiger partial charge in [-0.3, -0.25) is 5.50 Å². The van der Waals surface area contributed by atoms with Crippen molar-refractivity contribution < 1.29 is 4.89 Å². The lowest BCUT2D eigenvalue weighted by molar-refractivity contribution is 0.628. The van der Waals surface area contributed by atoms with Crippen LogP contribution in [-0.2, 0) is 0 Å². The molecule has 0 aliphatic rings. The summed E-state index contributed by atoms with van der Waals surface area (Å²) in [4.78, 5) is 8.30. The van der Waals surface area contributed by atoms with Crippen molar-refractivity contribution in [1.82, 2.24) is 0 Å². The monoisotopic (exact) mass is 93.0 g/mol. The van der Waals surface area contributed by atoms with Crippen molar-refractivity contribution in [3.05, 3.63) is 0 Å². The van der Waals surface area contributed by atoms with E-state index in [0.717, 1.165) is 0 Å². The molecular weight excluding hydrogens is 85.0 g/mol. The molecule has 0 aromatic carbocycles. The van der Waals surface area contributed by atoms with Crippen molar-refractivity contribution in [2.24, 2.45) is 5.50 Å². The van der Waals surface area contributed by atoms with Crippen LogP contribution < -0.4 is 5.50 Å². The van der Waals surface area contributed by atoms with Gasteiger partial charge >= 0.3 is 0 Å². The molecule has 0 aliphatic carbocycles. The Labute approximate surface area is 31.7 Å². The molecule has 5 heavy (non-hydrogen) atoms. The van der Waals surface area contributed by atoms with E-state index in [-0.39, 0.29) is 0 Å². The van der Waals surface area contributed by atoms with Crippen LogP contribution in [0.15, 0.2) is 0 Å². The average Bonchev–Trinajstić information content (AvgIpc) is 0.722. The maximum absolute atomic E-state index is 8.30. The molecule has 0 heterocycles. The molecule has 3 heteroatoms. The highest BCUT2D eigenvalue weighted by Crippen LogP contribution is 2.20. The van der Waals surface area contributed by atoms with Gasteiger partial charge in [0.15, 0.2) is 0 Å². The van der Waals surface area contributed by atoms with Gasteiger partial charge in [0.25, 0.3) is 0 Å². The molecule has 0 saturated carbocycles. The van der Waals surface area contributed by atoms with Gasteiger partial charge in [0, 0.05) is 0 Å². The van der Waals surface area contributed by atoms with Gasteiger partial charge in [-0.15, -0.1) is 0 Å². The molecule has 0 saturated heterocycles. The van der Waals surface area contributed by atoms with Gasteiger partial charge < -0.3 is 4.89 Å². The topological polar surface area (TPSA) is 46.2 Å². The SMILES string of the molecule is C=P(C)(N)O. The van der Waals surface area contributed by atoms with E-state index >= 15 is 0 Å². The van der Waals surface area contributed by atoms with E-state index in [4.69, 9.17) is 10.4 Å². The van der Waals surface area contributed by atoms with Crippen LogP contribution in [0.3, 0.4) is 0 Å². The average molecular weight is 93.1 g/mol. The number of nitrogens with two attached hydrogens (primary N) is 1. The third-order valence-corrected chi connectivity index (χ3v) is 0. The molecule has 0 aromatic heterocycles. The summed E-state index contributed by atoms with van der Waals surface area (Å²) in [5.74, 6) is 0. The first-order chi connectivity index (χ1) is 2.00. The summed E-state index contributed by atoms with van der Waals surface area (Å²) in [5, 5.41) is 0. The van der Waals surface area contributed by atoms with Gasteiger partial charge in [-0.1, -0.05) is 6.30 Å². The molecule has 2 nitrogen and oxygen atoms in total. The zero-order valence-corrected chi connectivity index (χ0v) is 4.07. The first-order valence-corrected chi connectivity index (χ1v) is 3.66. The summed E-state index contributed by atoms with van der Waals surface area (Å²) in [6, 6.07) is 0. The molecule has 0 aliphatic heterocycles. The third-order valence-electron chi connectivity index (χ3n) is 0. The van der Waals surface area contributed by atoms with Crippen LogP contribution in [0.1, 0.15) is 0 Å². The van der Waals surface area contributed by atoms with E-state index in [9.17, 15) is 0 Å². The molecule has 0 aromatic rings. The quantitative estimate of drug-likeness (QED) is 0.409. The second-order valence-electron chi connectivity index (χ2n) is 1.21. The maximum atomic E-state index is 8.30. The standard InChI is InChI=1S/C2H8NOP/c1-5(2,3)4/h4H,1,3H2,2H3. The van der Waals surface area contributed by atoms with E-state index in [1.165, 1.54) is 6.66 Å². The van der Waals surface area contributed by atoms with Crippen LogP contribution in [0.5, 0.6) is 0 Å². The number of hydrogen-bond donors (Lipinski definition) is 2. The summed E-state index contributed by atoms with van der Waals surface area (Å²) in [6.07, 6.45) is 3.22. The molecular formula is C2H8NOP. The second-order valence-corrected chi connectivity index (χ2v) is 3.64. The molecule has 0 rings (SSSR count). The van der Waals surface area contributed by atoms with Crippen LogP contribution in [0.2, 0.25) is 0 Å². The van der Waals surface area contributed by atoms with Gasteiger partial charge in [0.05, 0.1) is 7.26 Å². The maximum Gasteiger partial charge on any atom is 0.0515 e. The highest BCUT2D eigenvalue weighted by atomic mass is 31.2. The molecule has 0 fully saturated rings. The Morgan fingerprint density at radius 3 is 2.00 bits per heavy atom. The minimum atomic E-state index is -2.14. The predicted molar refractivity (Wildman–Crippen MR) is 26.4 cm³/mol. The fourth-order valence-electron chi connectivity index (χ4n) is 0. The van der Waals surface area contributed by atoms with Crippen molar-refractivity contribution >= 4 is 13.6 Å². The molecule has 0 radical (unpaired) electrons. The lowest BCUT2D eigenvalue weighted by Crippen LogP contribution is -1.87. The zero-order chi connectivity index (χ0) is 4.50. The Morgan fingerprint density at radius 2 is 2.00 bits per heavy atom. The van der Waals surface area contributed by atoms with Crippen LogP contribution in [0.25, 0.3) is 0 Å². The second kappa shape index (κ2) is 1.13. The summed E-state index contributed by atoms with van der Waals surface area (Å²) >= 11 is 0. The van der Waals surface area contributed by atoms with Crippen molar-refractivity contribution in [3.63, 3.8) is 0 Å². The highest BCUT2D eigenvalue weighted by molar-refractivity contribution is 7.65. The van der Waals surface area contributed by atoms with Crippen molar-refractivity contribution in [2.75, 3.05) is 6.66 Å². The largest absolute Gasteiger partial charge is 0.363 e. The number of hydrogen-bond acceptors (Lipinski definition) is 2. The minimum absolute atomic E-state index is 1.52. The lowest BCUT2D eigenvalue weighted by Gasteiger charge is -1.95. The molecule has 32 valence electrons. The summed E-state index contributed by atoms with van der Waals surface area (Å²) < 4.78 is 0. The smallest absolute Gasteiger partial charge is 0.0515 e. The summed E-state index contributed by atoms with van der Waals surface area (Å²) in [5.41, 5.74) is 4.91. The molecule has 0 spiro atoms. The predicted octanol–water partition coefficient (Wildman–Crippen LogP) is -0.153. The summed E-state index contributed by atoms with van der Waals surface area (Å²) in [6.45, 7) is 1.52. The zero-order valence-electron chi connectivity index (χ0n) is 3.18. The third kappa shape index (κ3) is 430. The van der Waals surface area contributed by atoms with Crippen LogP contribution in [0, 0.1) is 0 Å². The van der Waals surface area contributed by atoms with E-state index in [0.29, 0.717) is 0 Å². The van der Waals surface area contributed by atoms with Crippen molar-refractivity contribution in [2.45, 2.75) is 0 Å². The Morgan fingerprint density at radius 1 is 2.00 bits per heavy atom. The minimum Gasteiger partial charge on any atom is -0.363 e. The van der Waals surface area contributed by atoms with Crippen LogP contribution in [-0.4, -0.2) is 17.9 Å². The fourth-order valence-corrected chi connectivity index (χ4v) is 0. The van der Waals surface area contributed by atoms with Crippen LogP contribution >= 0.6 is 7.26 Å². The molecule has 1 unspecified atom stereocenters. The van der Waals surface area contributed by atoms with Gasteiger partial charge in [-0.25, -0.2) is 0 Å². The van der Waals surface area contributed by atoms with Crippen molar-refractivity contribution in [1.29, 1.82) is 0 Å². The Bertz CT molecular complexity index is 55.8. The van der Waals surface area contributed by atoms with E-state index < -0.39 is 7.26 Å². The highest BCUT2D eigenvalue weighted by Gasteiger charge is 1.81. The molecule has 3 N–H and O–H groups in total. The lowest BCUT2D eigenvalue weighted by atomic mass is 11.9. The van der Waals surface area contributed by atoms with Gasteiger partial charge in [0.2, 0.25) is 0 Å². The van der Waals surface area contributed by atoms with Crippen LogP contribution in [0.4, 0.5) is 0 Å². The molecule has 0 amide bonds. The Kier molecular flexibility index (Phi) is 1.18. The Hall–Kier alpha value is 0.220. The van der Waals surface area contributed by atoms with Crippen molar-refractivity contribution in [3.8, 4) is 0 Å². The Balaban J connectivity index is 3.47. The van der Waals surface area contributed by atoms with E-state index in [1.54, 1.807) is 0 Å². The van der Waals surface area contributed by atoms with Gasteiger partial charge in [-0.05, 0) is 6.66 Å². The van der Waals surface area contributed by atoms with Gasteiger partial charge in [-0.2, -0.15) is 0 Å². The molecule has 1 atom stereocenters. The number of rotatable bonds is 0. The summed E-state index contributed by atoms with van der Waals surface area (Å²) in [7, 11) is -2.14. The van der Waals surface area contributed by atoms with Gasteiger partial charge in [0.1, 0.15) is 0 Å². The first-order valence-electron chi connectivity index (χ1n) is 1.22. The van der Waals surface area contributed by atoms with E-state index in [2.05, 4.69) is 6.30 Å². The normalized spacial score (nSPS) is 21.4. The van der Waals surface area contributed by atoms with E-state index in [1.807, 2.05) is 0 Å².